The third kappa shape index (κ3) is 11.7. The quantitative estimate of drug-likeness (QED) is 0.576. The Morgan fingerprint density at radius 3 is 2.40 bits per heavy atom. The molecular weight excluding hydrogens is 279 g/mol. The number of carbonyl (C=O) groups is 2. The first-order valence-electron chi connectivity index (χ1n) is 6.02. The molecule has 0 unspecified atom stereocenters. The molecule has 0 radical (unpaired) electrons. The Hall–Kier alpha value is -1.35. The van der Waals surface area contributed by atoms with Crippen LogP contribution in [-0.2, 0) is 14.3 Å². The van der Waals surface area contributed by atoms with Crippen LogP contribution in [0.1, 0.15) is 6.42 Å². The highest BCUT2D eigenvalue weighted by Crippen LogP contribution is 2.11. The minimum atomic E-state index is -4.46. The summed E-state index contributed by atoms with van der Waals surface area (Å²) in [6.45, 7) is -0.594. The summed E-state index contributed by atoms with van der Waals surface area (Å²) in [6.07, 6.45) is -3.70. The van der Waals surface area contributed by atoms with Crippen molar-refractivity contribution in [2.75, 3.05) is 46.9 Å². The third-order valence-corrected chi connectivity index (χ3v) is 2.23. The van der Waals surface area contributed by atoms with E-state index in [4.69, 9.17) is 4.74 Å². The van der Waals surface area contributed by atoms with Crippen molar-refractivity contribution in [3.05, 3.63) is 0 Å². The topological polar surface area (TPSA) is 70.7 Å². The summed E-state index contributed by atoms with van der Waals surface area (Å²) >= 11 is 0. The van der Waals surface area contributed by atoms with Crippen LogP contribution in [-0.4, -0.2) is 69.8 Å². The molecule has 0 saturated heterocycles. The summed E-state index contributed by atoms with van der Waals surface area (Å²) in [5.41, 5.74) is 0. The van der Waals surface area contributed by atoms with E-state index in [1.165, 1.54) is 0 Å². The molecular formula is C11H20F3N3O3. The second-order valence-electron chi connectivity index (χ2n) is 4.25. The van der Waals surface area contributed by atoms with E-state index in [-0.39, 0.29) is 6.54 Å². The van der Waals surface area contributed by atoms with Crippen LogP contribution in [0.2, 0.25) is 0 Å². The molecule has 0 aliphatic rings. The molecule has 6 nitrogen and oxygen atoms in total. The molecule has 0 aromatic rings. The predicted molar refractivity (Wildman–Crippen MR) is 66.1 cm³/mol. The predicted octanol–water partition coefficient (Wildman–Crippen LogP) is -0.251. The minimum Gasteiger partial charge on any atom is -0.385 e. The second-order valence-corrected chi connectivity index (χ2v) is 4.25. The number of likely N-dealkylation sites (N-methyl/N-ethyl adjacent to an activating group) is 1. The molecule has 0 aliphatic carbocycles. The first-order valence-corrected chi connectivity index (χ1v) is 6.02. The largest absolute Gasteiger partial charge is 0.405 e. The first kappa shape index (κ1) is 18.7. The molecule has 0 rings (SSSR count). The van der Waals surface area contributed by atoms with E-state index >= 15 is 0 Å². The number of ether oxygens (including phenoxy) is 1. The van der Waals surface area contributed by atoms with Gasteiger partial charge < -0.3 is 15.4 Å². The maximum Gasteiger partial charge on any atom is 0.405 e. The van der Waals surface area contributed by atoms with Crippen LogP contribution >= 0.6 is 0 Å². The second kappa shape index (κ2) is 9.54. The van der Waals surface area contributed by atoms with Gasteiger partial charge in [-0.05, 0) is 13.5 Å². The van der Waals surface area contributed by atoms with Crippen molar-refractivity contribution in [1.29, 1.82) is 0 Å². The van der Waals surface area contributed by atoms with E-state index in [1.54, 1.807) is 24.4 Å². The molecule has 0 saturated carbocycles. The highest BCUT2D eigenvalue weighted by atomic mass is 19.4. The van der Waals surface area contributed by atoms with Gasteiger partial charge in [0, 0.05) is 20.3 Å². The lowest BCUT2D eigenvalue weighted by molar-refractivity contribution is -0.138. The van der Waals surface area contributed by atoms with Gasteiger partial charge in [0.1, 0.15) is 6.54 Å². The maximum atomic E-state index is 11.8. The van der Waals surface area contributed by atoms with Crippen LogP contribution in [0.25, 0.3) is 0 Å². The van der Waals surface area contributed by atoms with E-state index < -0.39 is 31.1 Å². The zero-order valence-electron chi connectivity index (χ0n) is 11.5. The van der Waals surface area contributed by atoms with Crippen LogP contribution in [0.4, 0.5) is 13.2 Å². The zero-order chi connectivity index (χ0) is 15.6. The molecule has 0 aliphatic heterocycles. The zero-order valence-corrected chi connectivity index (χ0v) is 11.5. The van der Waals surface area contributed by atoms with Gasteiger partial charge in [-0.1, -0.05) is 0 Å². The van der Waals surface area contributed by atoms with Crippen molar-refractivity contribution < 1.29 is 27.5 Å². The van der Waals surface area contributed by atoms with Crippen LogP contribution < -0.4 is 10.6 Å². The summed E-state index contributed by atoms with van der Waals surface area (Å²) < 4.78 is 40.3. The first-order chi connectivity index (χ1) is 9.24. The highest BCUT2D eigenvalue weighted by Gasteiger charge is 2.27. The number of amides is 2. The number of hydrogen-bond acceptors (Lipinski definition) is 4. The number of halogens is 3. The Morgan fingerprint density at radius 2 is 1.85 bits per heavy atom. The van der Waals surface area contributed by atoms with Crippen LogP contribution in [0, 0.1) is 0 Å². The Balaban J connectivity index is 3.73. The number of rotatable bonds is 9. The lowest BCUT2D eigenvalue weighted by Gasteiger charge is -2.15. The molecule has 0 heterocycles. The van der Waals surface area contributed by atoms with Crippen molar-refractivity contribution in [3.63, 3.8) is 0 Å². The van der Waals surface area contributed by atoms with Gasteiger partial charge in [-0.3, -0.25) is 14.5 Å². The molecule has 118 valence electrons. The van der Waals surface area contributed by atoms with E-state index in [9.17, 15) is 22.8 Å². The molecule has 20 heavy (non-hydrogen) atoms. The van der Waals surface area contributed by atoms with Crippen molar-refractivity contribution in [3.8, 4) is 0 Å². The van der Waals surface area contributed by atoms with Gasteiger partial charge in [0.05, 0.1) is 13.1 Å². The SMILES string of the molecule is COCCCN(C)CC(=O)NCC(=O)NCC(F)(F)F. The number of methoxy groups -OCH3 is 1. The van der Waals surface area contributed by atoms with E-state index in [0.717, 1.165) is 6.42 Å². The number of carbonyl (C=O) groups excluding carboxylic acids is 2. The lowest BCUT2D eigenvalue weighted by atomic mass is 10.4. The summed E-state index contributed by atoms with van der Waals surface area (Å²) in [4.78, 5) is 24.2. The molecule has 0 aromatic carbocycles. The standard InChI is InChI=1S/C11H20F3N3O3/c1-17(4-3-5-20-2)7-10(19)15-6-9(18)16-8-11(12,13)14/h3-8H2,1-2H3,(H,15,19)(H,16,18). The number of nitrogens with one attached hydrogen (secondary N) is 2. The molecule has 0 aromatic heterocycles. The number of alkyl halides is 3. The van der Waals surface area contributed by atoms with Gasteiger partial charge >= 0.3 is 6.18 Å². The summed E-state index contributed by atoms with van der Waals surface area (Å²) in [7, 11) is 3.30. The minimum absolute atomic E-state index is 0.0657. The van der Waals surface area contributed by atoms with Crippen LogP contribution in [0.15, 0.2) is 0 Å². The van der Waals surface area contributed by atoms with Gasteiger partial charge in [0.15, 0.2) is 0 Å². The average Bonchev–Trinajstić information content (AvgIpc) is 2.33. The van der Waals surface area contributed by atoms with E-state index in [0.29, 0.717) is 13.2 Å². The fourth-order valence-electron chi connectivity index (χ4n) is 1.30. The van der Waals surface area contributed by atoms with Gasteiger partial charge in [-0.15, -0.1) is 0 Å². The van der Waals surface area contributed by atoms with Crippen molar-refractivity contribution in [2.24, 2.45) is 0 Å². The molecule has 9 heteroatoms. The normalized spacial score (nSPS) is 11.5. The lowest BCUT2D eigenvalue weighted by Crippen LogP contribution is -2.43. The van der Waals surface area contributed by atoms with Gasteiger partial charge in [0.2, 0.25) is 11.8 Å². The molecule has 0 bridgehead atoms. The monoisotopic (exact) mass is 299 g/mol. The van der Waals surface area contributed by atoms with Crippen molar-refractivity contribution in [2.45, 2.75) is 12.6 Å². The highest BCUT2D eigenvalue weighted by molar-refractivity contribution is 5.85. The summed E-state index contributed by atoms with van der Waals surface area (Å²) in [6, 6.07) is 0. The van der Waals surface area contributed by atoms with Crippen LogP contribution in [0.3, 0.4) is 0 Å². The third-order valence-electron chi connectivity index (χ3n) is 2.23. The van der Waals surface area contributed by atoms with Gasteiger partial charge in [-0.25, -0.2) is 0 Å². The van der Waals surface area contributed by atoms with E-state index in [2.05, 4.69) is 5.32 Å². The van der Waals surface area contributed by atoms with E-state index in [1.807, 2.05) is 0 Å². The fourth-order valence-corrected chi connectivity index (χ4v) is 1.30. The molecule has 0 atom stereocenters. The van der Waals surface area contributed by atoms with Crippen molar-refractivity contribution >= 4 is 11.8 Å². The molecule has 0 spiro atoms. The summed E-state index contributed by atoms with van der Waals surface area (Å²) in [5.74, 6) is -1.30. The Morgan fingerprint density at radius 1 is 1.20 bits per heavy atom. The number of hydrogen-bond donors (Lipinski definition) is 2. The van der Waals surface area contributed by atoms with Crippen molar-refractivity contribution in [1.82, 2.24) is 15.5 Å². The Bertz CT molecular complexity index is 311. The van der Waals surface area contributed by atoms with Crippen LogP contribution in [0.5, 0.6) is 0 Å². The van der Waals surface area contributed by atoms with Gasteiger partial charge in [-0.2, -0.15) is 13.2 Å². The fraction of sp³-hybridized carbons (Fsp3) is 0.818. The Kier molecular flexibility index (Phi) is 8.89. The Labute approximate surface area is 115 Å². The molecule has 2 amide bonds. The average molecular weight is 299 g/mol. The van der Waals surface area contributed by atoms with Gasteiger partial charge in [0.25, 0.3) is 0 Å². The number of nitrogens with zero attached hydrogens (tertiary/aromatic N) is 1. The summed E-state index contributed by atoms with van der Waals surface area (Å²) in [5, 5.41) is 3.91. The smallest absolute Gasteiger partial charge is 0.385 e. The molecule has 2 N–H and O–H groups in total. The molecule has 0 fully saturated rings. The maximum absolute atomic E-state index is 11.8.